The predicted octanol–water partition coefficient (Wildman–Crippen LogP) is 2.26. The first kappa shape index (κ1) is 13.9. The molecule has 1 heterocycles. The Kier molecular flexibility index (Phi) is 4.86. The Balaban J connectivity index is 2.74. The number of rotatable bonds is 4. The third-order valence-electron chi connectivity index (χ3n) is 2.38. The Morgan fingerprint density at radius 3 is 2.88 bits per heavy atom. The number of aromatic nitrogens is 1. The second-order valence-electron chi connectivity index (χ2n) is 3.70. The minimum absolute atomic E-state index is 0.0820. The van der Waals surface area contributed by atoms with Crippen molar-refractivity contribution in [2.45, 2.75) is 19.9 Å². The van der Waals surface area contributed by atoms with Crippen molar-refractivity contribution in [2.75, 3.05) is 18.9 Å². The maximum atomic E-state index is 13.5. The quantitative estimate of drug-likeness (QED) is 0.928. The first-order valence-electron chi connectivity index (χ1n) is 5.28. The summed E-state index contributed by atoms with van der Waals surface area (Å²) in [6.07, 6.45) is 1.48. The SMILES string of the molecule is CCN(C)C(=O)C(C)Nc1ncc(Br)cc1F. The van der Waals surface area contributed by atoms with Crippen LogP contribution in [0.15, 0.2) is 16.7 Å². The summed E-state index contributed by atoms with van der Waals surface area (Å²) >= 11 is 3.12. The Hall–Kier alpha value is -1.17. The van der Waals surface area contributed by atoms with Crippen LogP contribution in [0, 0.1) is 5.82 Å². The molecule has 0 aliphatic heterocycles. The van der Waals surface area contributed by atoms with E-state index in [0.717, 1.165) is 0 Å². The smallest absolute Gasteiger partial charge is 0.244 e. The fourth-order valence-corrected chi connectivity index (χ4v) is 1.58. The molecule has 0 saturated carbocycles. The molecule has 0 bridgehead atoms. The molecule has 0 radical (unpaired) electrons. The summed E-state index contributed by atoms with van der Waals surface area (Å²) in [5.74, 6) is -0.506. The van der Waals surface area contributed by atoms with Gasteiger partial charge in [-0.05, 0) is 35.8 Å². The average Bonchev–Trinajstić information content (AvgIpc) is 2.30. The van der Waals surface area contributed by atoms with Crippen LogP contribution < -0.4 is 5.32 Å². The third kappa shape index (κ3) is 3.66. The van der Waals surface area contributed by atoms with E-state index in [-0.39, 0.29) is 11.7 Å². The molecule has 0 aliphatic rings. The minimum atomic E-state index is -0.511. The molecule has 17 heavy (non-hydrogen) atoms. The molecule has 1 aromatic rings. The van der Waals surface area contributed by atoms with Gasteiger partial charge in [0, 0.05) is 24.3 Å². The molecule has 1 aromatic heterocycles. The van der Waals surface area contributed by atoms with E-state index in [9.17, 15) is 9.18 Å². The molecule has 1 rings (SSSR count). The Bertz CT molecular complexity index is 414. The number of hydrogen-bond donors (Lipinski definition) is 1. The molecule has 0 aromatic carbocycles. The second kappa shape index (κ2) is 5.95. The maximum absolute atomic E-state index is 13.5. The molecule has 1 N–H and O–H groups in total. The van der Waals surface area contributed by atoms with Gasteiger partial charge < -0.3 is 10.2 Å². The van der Waals surface area contributed by atoms with E-state index in [1.165, 1.54) is 12.3 Å². The molecule has 0 spiro atoms. The van der Waals surface area contributed by atoms with Crippen molar-refractivity contribution in [1.82, 2.24) is 9.88 Å². The van der Waals surface area contributed by atoms with Gasteiger partial charge >= 0.3 is 0 Å². The number of carbonyl (C=O) groups excluding carboxylic acids is 1. The number of anilines is 1. The maximum Gasteiger partial charge on any atom is 0.244 e. The number of halogens is 2. The molecule has 94 valence electrons. The van der Waals surface area contributed by atoms with E-state index >= 15 is 0 Å². The van der Waals surface area contributed by atoms with Crippen molar-refractivity contribution in [3.8, 4) is 0 Å². The molecule has 0 aliphatic carbocycles. The number of pyridine rings is 1. The summed E-state index contributed by atoms with van der Waals surface area (Å²) in [7, 11) is 1.70. The fourth-order valence-electron chi connectivity index (χ4n) is 1.27. The van der Waals surface area contributed by atoms with Gasteiger partial charge in [0.2, 0.25) is 5.91 Å². The lowest BCUT2D eigenvalue weighted by molar-refractivity contribution is -0.130. The van der Waals surface area contributed by atoms with Crippen molar-refractivity contribution in [3.05, 3.63) is 22.6 Å². The first-order chi connectivity index (χ1) is 7.95. The number of amides is 1. The van der Waals surface area contributed by atoms with Gasteiger partial charge in [-0.25, -0.2) is 9.37 Å². The summed E-state index contributed by atoms with van der Waals surface area (Å²) in [4.78, 5) is 17.2. The Morgan fingerprint density at radius 1 is 1.71 bits per heavy atom. The summed E-state index contributed by atoms with van der Waals surface area (Å²) in [5, 5.41) is 2.75. The molecular weight excluding hydrogens is 289 g/mol. The Morgan fingerprint density at radius 2 is 2.35 bits per heavy atom. The highest BCUT2D eigenvalue weighted by atomic mass is 79.9. The highest BCUT2D eigenvalue weighted by Gasteiger charge is 2.17. The number of nitrogens with zero attached hydrogens (tertiary/aromatic N) is 2. The predicted molar refractivity (Wildman–Crippen MR) is 68.3 cm³/mol. The highest BCUT2D eigenvalue weighted by molar-refractivity contribution is 9.10. The lowest BCUT2D eigenvalue weighted by atomic mass is 10.3. The van der Waals surface area contributed by atoms with Crippen LogP contribution in [0.2, 0.25) is 0 Å². The van der Waals surface area contributed by atoms with Crippen molar-refractivity contribution >= 4 is 27.7 Å². The largest absolute Gasteiger partial charge is 0.356 e. The van der Waals surface area contributed by atoms with Gasteiger partial charge in [0.05, 0.1) is 0 Å². The van der Waals surface area contributed by atoms with Crippen LogP contribution in [0.25, 0.3) is 0 Å². The van der Waals surface area contributed by atoms with E-state index in [0.29, 0.717) is 11.0 Å². The average molecular weight is 304 g/mol. The number of hydrogen-bond acceptors (Lipinski definition) is 3. The van der Waals surface area contributed by atoms with Crippen LogP contribution >= 0.6 is 15.9 Å². The molecule has 0 saturated heterocycles. The van der Waals surface area contributed by atoms with Gasteiger partial charge in [0.25, 0.3) is 0 Å². The second-order valence-corrected chi connectivity index (χ2v) is 4.62. The summed E-state index contributed by atoms with van der Waals surface area (Å²) in [6.45, 7) is 4.17. The van der Waals surface area contributed by atoms with Crippen LogP contribution in [0.4, 0.5) is 10.2 Å². The van der Waals surface area contributed by atoms with Gasteiger partial charge in [-0.2, -0.15) is 0 Å². The third-order valence-corrected chi connectivity index (χ3v) is 2.82. The van der Waals surface area contributed by atoms with Crippen LogP contribution in [0.5, 0.6) is 0 Å². The van der Waals surface area contributed by atoms with E-state index in [2.05, 4.69) is 26.2 Å². The number of carbonyl (C=O) groups is 1. The molecular formula is C11H15BrFN3O. The molecule has 0 fully saturated rings. The number of likely N-dealkylation sites (N-methyl/N-ethyl adjacent to an activating group) is 1. The van der Waals surface area contributed by atoms with Crippen LogP contribution in [-0.2, 0) is 4.79 Å². The van der Waals surface area contributed by atoms with Gasteiger partial charge in [0.15, 0.2) is 11.6 Å². The zero-order valence-corrected chi connectivity index (χ0v) is 11.6. The van der Waals surface area contributed by atoms with Crippen LogP contribution in [0.3, 0.4) is 0 Å². The summed E-state index contributed by atoms with van der Waals surface area (Å²) in [6, 6.07) is 0.791. The molecule has 4 nitrogen and oxygen atoms in total. The summed E-state index contributed by atoms with van der Waals surface area (Å²) in [5.41, 5.74) is 0. The van der Waals surface area contributed by atoms with Crippen molar-refractivity contribution in [2.24, 2.45) is 0 Å². The lowest BCUT2D eigenvalue weighted by Crippen LogP contribution is -2.39. The lowest BCUT2D eigenvalue weighted by Gasteiger charge is -2.21. The van der Waals surface area contributed by atoms with Crippen LogP contribution in [-0.4, -0.2) is 35.4 Å². The van der Waals surface area contributed by atoms with Gasteiger partial charge in [-0.1, -0.05) is 0 Å². The summed E-state index contributed by atoms with van der Waals surface area (Å²) < 4.78 is 14.0. The molecule has 1 unspecified atom stereocenters. The van der Waals surface area contributed by atoms with E-state index in [1.54, 1.807) is 18.9 Å². The highest BCUT2D eigenvalue weighted by Crippen LogP contribution is 2.16. The van der Waals surface area contributed by atoms with E-state index in [4.69, 9.17) is 0 Å². The van der Waals surface area contributed by atoms with Crippen LogP contribution in [0.1, 0.15) is 13.8 Å². The number of nitrogens with one attached hydrogen (secondary N) is 1. The van der Waals surface area contributed by atoms with Crippen molar-refractivity contribution in [1.29, 1.82) is 0 Å². The first-order valence-corrected chi connectivity index (χ1v) is 6.07. The van der Waals surface area contributed by atoms with Gasteiger partial charge in [-0.3, -0.25) is 4.79 Å². The minimum Gasteiger partial charge on any atom is -0.356 e. The Labute approximate surface area is 108 Å². The molecule has 1 amide bonds. The topological polar surface area (TPSA) is 45.2 Å². The van der Waals surface area contributed by atoms with E-state index < -0.39 is 11.9 Å². The fraction of sp³-hybridized carbons (Fsp3) is 0.455. The zero-order chi connectivity index (χ0) is 13.0. The normalized spacial score (nSPS) is 12.1. The van der Waals surface area contributed by atoms with E-state index in [1.807, 2.05) is 6.92 Å². The molecule has 1 atom stereocenters. The van der Waals surface area contributed by atoms with Crippen molar-refractivity contribution in [3.63, 3.8) is 0 Å². The standard InChI is InChI=1S/C11H15BrFN3O/c1-4-16(3)11(17)7(2)15-10-9(13)5-8(12)6-14-10/h5-7H,4H2,1-3H3,(H,14,15). The van der Waals surface area contributed by atoms with Gasteiger partial charge in [0.1, 0.15) is 6.04 Å². The molecule has 6 heteroatoms. The van der Waals surface area contributed by atoms with Gasteiger partial charge in [-0.15, -0.1) is 0 Å². The monoisotopic (exact) mass is 303 g/mol. The van der Waals surface area contributed by atoms with Crippen molar-refractivity contribution < 1.29 is 9.18 Å². The zero-order valence-electron chi connectivity index (χ0n) is 10.00.